The highest BCUT2D eigenvalue weighted by atomic mass is 127. The predicted molar refractivity (Wildman–Crippen MR) is 141 cm³/mol. The number of rotatable bonds is 6. The Morgan fingerprint density at radius 3 is 2.68 bits per heavy atom. The van der Waals surface area contributed by atoms with E-state index in [9.17, 15) is 9.59 Å². The number of amides is 1. The van der Waals surface area contributed by atoms with Crippen molar-refractivity contribution in [3.8, 4) is 5.75 Å². The van der Waals surface area contributed by atoms with Gasteiger partial charge in [-0.25, -0.2) is 9.79 Å². The molecule has 6 nitrogen and oxygen atoms in total. The number of halogens is 3. The van der Waals surface area contributed by atoms with E-state index in [0.29, 0.717) is 33.1 Å². The summed E-state index contributed by atoms with van der Waals surface area (Å²) in [6.45, 7) is 3.79. The highest BCUT2D eigenvalue weighted by molar-refractivity contribution is 14.1. The molecule has 0 bridgehead atoms. The van der Waals surface area contributed by atoms with E-state index in [2.05, 4.69) is 55.5 Å². The zero-order valence-electron chi connectivity index (χ0n) is 16.5. The summed E-state index contributed by atoms with van der Waals surface area (Å²) < 4.78 is 12.2. The van der Waals surface area contributed by atoms with Gasteiger partial charge >= 0.3 is 5.97 Å². The Bertz CT molecular complexity index is 1080. The minimum atomic E-state index is -0.416. The second kappa shape index (κ2) is 11.0. The predicted octanol–water partition coefficient (Wildman–Crippen LogP) is 5.69. The molecule has 1 aliphatic heterocycles. The van der Waals surface area contributed by atoms with Crippen LogP contribution in [0.2, 0.25) is 5.02 Å². The van der Waals surface area contributed by atoms with Crippen molar-refractivity contribution >= 4 is 97.4 Å². The van der Waals surface area contributed by atoms with Crippen LogP contribution in [-0.2, 0) is 14.3 Å². The zero-order chi connectivity index (χ0) is 22.5. The van der Waals surface area contributed by atoms with Crippen LogP contribution in [-0.4, -0.2) is 30.3 Å². The van der Waals surface area contributed by atoms with Crippen LogP contribution in [0.15, 0.2) is 40.2 Å². The lowest BCUT2D eigenvalue weighted by Gasteiger charge is -2.11. The molecule has 2 aromatic rings. The molecule has 2 aromatic carbocycles. The Morgan fingerprint density at radius 1 is 1.29 bits per heavy atom. The largest absolute Gasteiger partial charge is 0.480 e. The monoisotopic (exact) mass is 682 g/mol. The summed E-state index contributed by atoms with van der Waals surface area (Å²) in [6, 6.07) is 9.25. The van der Waals surface area contributed by atoms with Gasteiger partial charge in [-0.2, -0.15) is 0 Å². The Morgan fingerprint density at radius 2 is 2.00 bits per heavy atom. The number of thioether (sulfide) groups is 1. The summed E-state index contributed by atoms with van der Waals surface area (Å²) >= 11 is 11.7. The fourth-order valence-electron chi connectivity index (χ4n) is 2.59. The van der Waals surface area contributed by atoms with Gasteiger partial charge in [-0.1, -0.05) is 17.7 Å². The molecule has 1 aliphatic rings. The second-order valence-corrected chi connectivity index (χ2v) is 10.0. The first-order valence-electron chi connectivity index (χ1n) is 9.10. The third-order valence-corrected chi connectivity index (χ3v) is 6.99. The molecule has 1 saturated heterocycles. The minimum absolute atomic E-state index is 0.152. The lowest BCUT2D eigenvalue weighted by Crippen LogP contribution is -2.19. The summed E-state index contributed by atoms with van der Waals surface area (Å²) in [5.74, 6) is -0.0178. The summed E-state index contributed by atoms with van der Waals surface area (Å²) in [6.07, 6.45) is 1.80. The van der Waals surface area contributed by atoms with Crippen molar-refractivity contribution in [2.45, 2.75) is 13.8 Å². The van der Waals surface area contributed by atoms with Crippen molar-refractivity contribution in [3.05, 3.63) is 58.5 Å². The van der Waals surface area contributed by atoms with Crippen molar-refractivity contribution < 1.29 is 19.1 Å². The summed E-state index contributed by atoms with van der Waals surface area (Å²) in [5.41, 5.74) is 2.41. The molecule has 1 N–H and O–H groups in total. The van der Waals surface area contributed by atoms with E-state index in [-0.39, 0.29) is 12.5 Å². The minimum Gasteiger partial charge on any atom is -0.480 e. The van der Waals surface area contributed by atoms with Crippen LogP contribution in [0, 0.1) is 14.1 Å². The van der Waals surface area contributed by atoms with Crippen molar-refractivity contribution in [2.75, 3.05) is 13.2 Å². The van der Waals surface area contributed by atoms with Crippen molar-refractivity contribution in [3.63, 3.8) is 0 Å². The molecule has 0 unspecified atom stereocenters. The van der Waals surface area contributed by atoms with Gasteiger partial charge in [0.05, 0.1) is 24.3 Å². The molecule has 1 heterocycles. The smallest absolute Gasteiger partial charge is 0.344 e. The molecule has 0 atom stereocenters. The standard InChI is InChI=1S/C21H17ClI2N2O4S/c1-3-29-18(27)10-30-19-14(23)7-12(8-15(19)24)9-17-20(28)26-21(31-17)25-16-6-4-5-13(22)11(16)2/h4-9H,3,10H2,1-2H3,(H,25,26,28)/b17-9+. The number of hydrogen-bond donors (Lipinski definition) is 1. The number of benzene rings is 2. The van der Waals surface area contributed by atoms with Crippen LogP contribution < -0.4 is 10.1 Å². The highest BCUT2D eigenvalue weighted by Gasteiger charge is 2.24. The number of nitrogens with one attached hydrogen (secondary N) is 1. The zero-order valence-corrected chi connectivity index (χ0v) is 22.4. The third kappa shape index (κ3) is 6.36. The lowest BCUT2D eigenvalue weighted by atomic mass is 10.2. The third-order valence-electron chi connectivity index (χ3n) is 4.07. The number of esters is 1. The van der Waals surface area contributed by atoms with Crippen molar-refractivity contribution in [1.82, 2.24) is 5.32 Å². The molecule has 31 heavy (non-hydrogen) atoms. The molecule has 3 rings (SSSR count). The van der Waals surface area contributed by atoms with Crippen LogP contribution in [0.4, 0.5) is 5.69 Å². The van der Waals surface area contributed by atoms with Gasteiger partial charge in [0.1, 0.15) is 5.75 Å². The van der Waals surface area contributed by atoms with Gasteiger partial charge in [0.15, 0.2) is 11.8 Å². The molecule has 10 heteroatoms. The molecule has 162 valence electrons. The van der Waals surface area contributed by atoms with Gasteiger partial charge < -0.3 is 14.8 Å². The average molecular weight is 683 g/mol. The van der Waals surface area contributed by atoms with E-state index in [1.54, 1.807) is 19.1 Å². The first-order valence-corrected chi connectivity index (χ1v) is 12.5. The molecule has 0 spiro atoms. The summed E-state index contributed by atoms with van der Waals surface area (Å²) in [4.78, 5) is 29.0. The van der Waals surface area contributed by atoms with Crippen molar-refractivity contribution in [2.24, 2.45) is 4.99 Å². The fourth-order valence-corrected chi connectivity index (χ4v) is 5.72. The summed E-state index contributed by atoms with van der Waals surface area (Å²) in [5, 5.41) is 3.91. The first kappa shape index (κ1) is 24.3. The molecule has 0 aromatic heterocycles. The fraction of sp³-hybridized carbons (Fsp3) is 0.190. The Labute approximate surface area is 216 Å². The lowest BCUT2D eigenvalue weighted by molar-refractivity contribution is -0.145. The SMILES string of the molecule is CCOC(=O)COc1c(I)cc(/C=C2/SC(=Nc3cccc(Cl)c3C)NC2=O)cc1I. The molecule has 1 fully saturated rings. The number of hydrogen-bond acceptors (Lipinski definition) is 6. The molecule has 0 aliphatic carbocycles. The maximum absolute atomic E-state index is 12.4. The van der Waals surface area contributed by atoms with Gasteiger partial charge in [-0.05, 0) is 112 Å². The second-order valence-electron chi connectivity index (χ2n) is 6.27. The average Bonchev–Trinajstić information content (AvgIpc) is 3.04. The van der Waals surface area contributed by atoms with E-state index in [1.165, 1.54) is 11.8 Å². The van der Waals surface area contributed by atoms with Gasteiger partial charge in [0.2, 0.25) is 0 Å². The topological polar surface area (TPSA) is 77.0 Å². The van der Waals surface area contributed by atoms with Crippen molar-refractivity contribution in [1.29, 1.82) is 0 Å². The molecular weight excluding hydrogens is 666 g/mol. The number of nitrogens with zero attached hydrogens (tertiary/aromatic N) is 1. The maximum atomic E-state index is 12.4. The van der Waals surface area contributed by atoms with Gasteiger partial charge in [-0.15, -0.1) is 0 Å². The van der Waals surface area contributed by atoms with Crippen LogP contribution in [0.3, 0.4) is 0 Å². The first-order chi connectivity index (χ1) is 14.8. The van der Waals surface area contributed by atoms with Crippen LogP contribution in [0.25, 0.3) is 6.08 Å². The van der Waals surface area contributed by atoms with Crippen LogP contribution in [0.5, 0.6) is 5.75 Å². The molecule has 0 saturated carbocycles. The molecule has 0 radical (unpaired) electrons. The summed E-state index contributed by atoms with van der Waals surface area (Å²) in [7, 11) is 0. The van der Waals surface area contributed by atoms with E-state index in [4.69, 9.17) is 21.1 Å². The molecule has 1 amide bonds. The highest BCUT2D eigenvalue weighted by Crippen LogP contribution is 2.33. The Hall–Kier alpha value is -1.31. The quantitative estimate of drug-likeness (QED) is 0.241. The van der Waals surface area contributed by atoms with Crippen LogP contribution in [0.1, 0.15) is 18.1 Å². The number of amidine groups is 1. The van der Waals surface area contributed by atoms with E-state index >= 15 is 0 Å². The number of carbonyl (C=O) groups excluding carboxylic acids is 2. The normalized spacial score (nSPS) is 16.0. The number of carbonyl (C=O) groups is 2. The van der Waals surface area contributed by atoms with Crippen LogP contribution >= 0.6 is 68.5 Å². The Balaban J connectivity index is 1.78. The van der Waals surface area contributed by atoms with E-state index < -0.39 is 5.97 Å². The van der Waals surface area contributed by atoms with E-state index in [1.807, 2.05) is 31.2 Å². The van der Waals surface area contributed by atoms with Gasteiger partial charge in [-0.3, -0.25) is 4.79 Å². The Kier molecular flexibility index (Phi) is 8.65. The number of ether oxygens (including phenoxy) is 2. The molecular formula is C21H17ClI2N2O4S. The van der Waals surface area contributed by atoms with Gasteiger partial charge in [0, 0.05) is 5.02 Å². The number of aliphatic imine (C=N–C) groups is 1. The van der Waals surface area contributed by atoms with E-state index in [0.717, 1.165) is 18.3 Å². The van der Waals surface area contributed by atoms with Gasteiger partial charge in [0.25, 0.3) is 5.91 Å². The maximum Gasteiger partial charge on any atom is 0.344 e.